The highest BCUT2D eigenvalue weighted by Gasteiger charge is 2.23. The summed E-state index contributed by atoms with van der Waals surface area (Å²) >= 11 is 0. The lowest BCUT2D eigenvalue weighted by atomic mass is 9.92. The summed E-state index contributed by atoms with van der Waals surface area (Å²) in [6.45, 7) is 0. The number of fused-ring (bicyclic) bond motifs is 3. The number of carboxylic acids is 1. The zero-order valence-corrected chi connectivity index (χ0v) is 16.5. The third-order valence-corrected chi connectivity index (χ3v) is 5.93. The number of rotatable bonds is 7. The van der Waals surface area contributed by atoms with Crippen molar-refractivity contribution in [1.29, 1.82) is 0 Å². The third kappa shape index (κ3) is 4.42. The van der Waals surface area contributed by atoms with Gasteiger partial charge in [0.15, 0.2) is 5.78 Å². The molecule has 4 nitrogen and oxygen atoms in total. The van der Waals surface area contributed by atoms with Gasteiger partial charge in [0.25, 0.3) is 0 Å². The fraction of sp³-hybridized carbons (Fsp3) is 0.360. The Hall–Kier alpha value is -2.88. The number of carbonyl (C=O) groups is 2. The summed E-state index contributed by atoms with van der Waals surface area (Å²) in [6, 6.07) is 15.4. The van der Waals surface area contributed by atoms with Crippen molar-refractivity contribution < 1.29 is 19.1 Å². The van der Waals surface area contributed by atoms with Gasteiger partial charge in [-0.1, -0.05) is 48.9 Å². The Morgan fingerprint density at radius 3 is 2.59 bits per heavy atom. The van der Waals surface area contributed by atoms with Crippen LogP contribution in [0.5, 0.6) is 0 Å². The Bertz CT molecular complexity index is 1020. The number of aryl methyl sites for hydroxylation is 3. The van der Waals surface area contributed by atoms with E-state index in [0.717, 1.165) is 41.6 Å². The van der Waals surface area contributed by atoms with Crippen LogP contribution in [-0.4, -0.2) is 16.9 Å². The summed E-state index contributed by atoms with van der Waals surface area (Å²) in [5.41, 5.74) is 3.65. The van der Waals surface area contributed by atoms with Gasteiger partial charge in [0.2, 0.25) is 0 Å². The molecule has 29 heavy (non-hydrogen) atoms. The molecule has 1 aliphatic carbocycles. The van der Waals surface area contributed by atoms with Crippen LogP contribution in [0.3, 0.4) is 0 Å². The molecule has 2 aromatic carbocycles. The Labute approximate surface area is 170 Å². The highest BCUT2D eigenvalue weighted by Crippen LogP contribution is 2.32. The minimum absolute atomic E-state index is 0.00803. The van der Waals surface area contributed by atoms with E-state index in [1.54, 1.807) is 6.07 Å². The largest absolute Gasteiger partial charge is 0.481 e. The van der Waals surface area contributed by atoms with Crippen LogP contribution in [0, 0.1) is 5.92 Å². The maximum atomic E-state index is 12.8. The Morgan fingerprint density at radius 2 is 1.79 bits per heavy atom. The SMILES string of the molecule is O=C(C[C@@H](CCc1ccccc1)C(=O)O)c1ccc2c3c(oc2c1)CCCCC3. The first-order valence-corrected chi connectivity index (χ1v) is 10.5. The predicted molar refractivity (Wildman–Crippen MR) is 112 cm³/mol. The number of aliphatic carboxylic acids is 1. The molecular formula is C25H26O4. The summed E-state index contributed by atoms with van der Waals surface area (Å²) in [7, 11) is 0. The molecule has 0 fully saturated rings. The first-order chi connectivity index (χ1) is 14.1. The standard InChI is InChI=1S/C25H26O4/c26-22(15-19(25(27)28)12-11-17-7-3-1-4-8-17)18-13-14-21-20-9-5-2-6-10-23(20)29-24(21)16-18/h1,3-4,7-8,13-14,16,19H,2,5-6,9-12,15H2,(H,27,28)/t19-/m1/s1. The van der Waals surface area contributed by atoms with E-state index in [0.29, 0.717) is 18.4 Å². The molecule has 0 unspecified atom stereocenters. The smallest absolute Gasteiger partial charge is 0.306 e. The zero-order valence-electron chi connectivity index (χ0n) is 16.5. The van der Waals surface area contributed by atoms with Crippen molar-refractivity contribution in [1.82, 2.24) is 0 Å². The zero-order chi connectivity index (χ0) is 20.2. The second kappa shape index (κ2) is 8.64. The first kappa shape index (κ1) is 19.4. The molecule has 0 saturated carbocycles. The highest BCUT2D eigenvalue weighted by atomic mass is 16.4. The van der Waals surface area contributed by atoms with E-state index in [1.165, 1.54) is 18.4 Å². The molecule has 0 saturated heterocycles. The van der Waals surface area contributed by atoms with Crippen molar-refractivity contribution in [3.8, 4) is 0 Å². The van der Waals surface area contributed by atoms with Crippen molar-refractivity contribution in [3.05, 3.63) is 71.0 Å². The van der Waals surface area contributed by atoms with Gasteiger partial charge < -0.3 is 9.52 Å². The van der Waals surface area contributed by atoms with E-state index >= 15 is 0 Å². The van der Waals surface area contributed by atoms with E-state index in [4.69, 9.17) is 4.42 Å². The normalized spacial score (nSPS) is 14.9. The van der Waals surface area contributed by atoms with E-state index in [9.17, 15) is 14.7 Å². The lowest BCUT2D eigenvalue weighted by Crippen LogP contribution is -2.19. The van der Waals surface area contributed by atoms with Crippen molar-refractivity contribution in [2.24, 2.45) is 5.92 Å². The molecule has 4 heteroatoms. The molecule has 4 rings (SSSR count). The first-order valence-electron chi connectivity index (χ1n) is 10.5. The molecule has 0 spiro atoms. The van der Waals surface area contributed by atoms with Crippen LogP contribution < -0.4 is 0 Å². The van der Waals surface area contributed by atoms with Crippen LogP contribution in [0.1, 0.15) is 59.3 Å². The summed E-state index contributed by atoms with van der Waals surface area (Å²) < 4.78 is 6.05. The van der Waals surface area contributed by atoms with Gasteiger partial charge in [0.1, 0.15) is 11.3 Å². The molecule has 1 aromatic heterocycles. The molecule has 1 N–H and O–H groups in total. The molecule has 0 bridgehead atoms. The molecule has 3 aromatic rings. The lowest BCUT2D eigenvalue weighted by Gasteiger charge is -2.12. The number of furan rings is 1. The maximum absolute atomic E-state index is 12.8. The lowest BCUT2D eigenvalue weighted by molar-refractivity contribution is -0.141. The Kier molecular flexibility index (Phi) is 5.79. The molecule has 1 atom stereocenters. The van der Waals surface area contributed by atoms with Gasteiger partial charge >= 0.3 is 5.97 Å². The average Bonchev–Trinajstić information content (AvgIpc) is 2.91. The van der Waals surface area contributed by atoms with E-state index < -0.39 is 11.9 Å². The van der Waals surface area contributed by atoms with Gasteiger partial charge in [0.05, 0.1) is 5.92 Å². The molecule has 1 heterocycles. The molecule has 1 aliphatic rings. The van der Waals surface area contributed by atoms with Gasteiger partial charge in [-0.3, -0.25) is 9.59 Å². The monoisotopic (exact) mass is 390 g/mol. The summed E-state index contributed by atoms with van der Waals surface area (Å²) in [5.74, 6) is -0.695. The van der Waals surface area contributed by atoms with Crippen LogP contribution in [-0.2, 0) is 24.1 Å². The Balaban J connectivity index is 1.48. The summed E-state index contributed by atoms with van der Waals surface area (Å²) in [4.78, 5) is 24.5. The second-order valence-corrected chi connectivity index (χ2v) is 7.96. The van der Waals surface area contributed by atoms with E-state index in [1.807, 2.05) is 42.5 Å². The number of Topliss-reactive ketones (excluding diaryl/α,β-unsaturated/α-hetero) is 1. The van der Waals surface area contributed by atoms with Crippen molar-refractivity contribution in [3.63, 3.8) is 0 Å². The summed E-state index contributed by atoms with van der Waals surface area (Å²) in [6.07, 6.45) is 6.61. The predicted octanol–water partition coefficient (Wildman–Crippen LogP) is 5.61. The van der Waals surface area contributed by atoms with Gasteiger partial charge in [-0.2, -0.15) is 0 Å². The number of hydrogen-bond donors (Lipinski definition) is 1. The Morgan fingerprint density at radius 1 is 1.00 bits per heavy atom. The van der Waals surface area contributed by atoms with Crippen LogP contribution >= 0.6 is 0 Å². The molecule has 150 valence electrons. The third-order valence-electron chi connectivity index (χ3n) is 5.93. The quantitative estimate of drug-likeness (QED) is 0.421. The van der Waals surface area contributed by atoms with Gasteiger partial charge in [-0.15, -0.1) is 0 Å². The van der Waals surface area contributed by atoms with Crippen molar-refractivity contribution in [2.75, 3.05) is 0 Å². The van der Waals surface area contributed by atoms with Crippen LogP contribution in [0.4, 0.5) is 0 Å². The van der Waals surface area contributed by atoms with Gasteiger partial charge in [-0.05, 0) is 43.7 Å². The topological polar surface area (TPSA) is 67.5 Å². The fourth-order valence-electron chi connectivity index (χ4n) is 4.25. The van der Waals surface area contributed by atoms with Gasteiger partial charge in [-0.25, -0.2) is 0 Å². The molecule has 0 aliphatic heterocycles. The van der Waals surface area contributed by atoms with Crippen molar-refractivity contribution in [2.45, 2.75) is 51.4 Å². The number of carbonyl (C=O) groups excluding carboxylic acids is 1. The molecule has 0 radical (unpaired) electrons. The fourth-order valence-corrected chi connectivity index (χ4v) is 4.25. The van der Waals surface area contributed by atoms with Crippen LogP contribution in [0.25, 0.3) is 11.0 Å². The summed E-state index contributed by atoms with van der Waals surface area (Å²) in [5, 5.41) is 10.7. The molecule has 0 amide bonds. The minimum Gasteiger partial charge on any atom is -0.481 e. The number of benzene rings is 2. The number of carboxylic acid groups (broad SMARTS) is 1. The highest BCUT2D eigenvalue weighted by molar-refractivity contribution is 6.01. The minimum atomic E-state index is -0.917. The van der Waals surface area contributed by atoms with Crippen molar-refractivity contribution >= 4 is 22.7 Å². The van der Waals surface area contributed by atoms with E-state index in [-0.39, 0.29) is 12.2 Å². The number of hydrogen-bond acceptors (Lipinski definition) is 3. The second-order valence-electron chi connectivity index (χ2n) is 7.96. The maximum Gasteiger partial charge on any atom is 0.306 e. The van der Waals surface area contributed by atoms with Crippen LogP contribution in [0.2, 0.25) is 0 Å². The van der Waals surface area contributed by atoms with E-state index in [2.05, 4.69) is 0 Å². The average molecular weight is 390 g/mol. The number of ketones is 1. The van der Waals surface area contributed by atoms with Crippen LogP contribution in [0.15, 0.2) is 52.9 Å². The molecular weight excluding hydrogens is 364 g/mol. The van der Waals surface area contributed by atoms with Gasteiger partial charge in [0, 0.05) is 29.4 Å².